The fourth-order valence-corrected chi connectivity index (χ4v) is 7.96. The standard InChI is InChI=1S/C58H64N6O10S/c1-8-56(3,4)52(65)69-32-28-62-54(67)71-34-30-64(31-35-72-55(68)63-29-33-70-53(66)57(5,6)9-2)45-22-20-42(50(36-45)73-40-41-16-12-10-13-17-41)21-23-46-24-25-47(75-46)26-27-49-48(39-61)51(43(37-59)38-60)74-58(49,7)44-18-14-11-15-19-44/h10-27,36H,8-9,28-35,40H2,1-7H3,(H,62,67)(H,63,68)/b23-21+,27-26+. The maximum Gasteiger partial charge on any atom is 0.407 e. The van der Waals surface area contributed by atoms with E-state index < -0.39 is 28.6 Å². The Morgan fingerprint density at radius 1 is 0.693 bits per heavy atom. The minimum absolute atomic E-state index is 0.0122. The van der Waals surface area contributed by atoms with Crippen molar-refractivity contribution in [3.63, 3.8) is 0 Å². The highest BCUT2D eigenvalue weighted by molar-refractivity contribution is 7.13. The number of allylic oxidation sites excluding steroid dienone is 2. The number of carbonyl (C=O) groups is 4. The molecule has 0 radical (unpaired) electrons. The number of rotatable bonds is 25. The Morgan fingerprint density at radius 2 is 1.23 bits per heavy atom. The first-order chi connectivity index (χ1) is 36.0. The quantitative estimate of drug-likeness (QED) is 0.0273. The van der Waals surface area contributed by atoms with Crippen LogP contribution in [0.3, 0.4) is 0 Å². The van der Waals surface area contributed by atoms with E-state index in [-0.39, 0.29) is 88.1 Å². The molecule has 3 aromatic carbocycles. The van der Waals surface area contributed by atoms with Gasteiger partial charge in [0, 0.05) is 32.6 Å². The molecule has 1 aromatic heterocycles. The molecule has 1 unspecified atom stereocenters. The van der Waals surface area contributed by atoms with E-state index in [9.17, 15) is 35.0 Å². The molecular weight excluding hydrogens is 973 g/mol. The number of nitriles is 3. The molecule has 1 atom stereocenters. The van der Waals surface area contributed by atoms with Gasteiger partial charge < -0.3 is 44.0 Å². The van der Waals surface area contributed by atoms with Crippen molar-refractivity contribution >= 4 is 59.4 Å². The lowest BCUT2D eigenvalue weighted by Gasteiger charge is -2.27. The predicted molar refractivity (Wildman–Crippen MR) is 286 cm³/mol. The summed E-state index contributed by atoms with van der Waals surface area (Å²) in [5.41, 5.74) is 1.05. The van der Waals surface area contributed by atoms with Gasteiger partial charge in [-0.1, -0.05) is 80.6 Å². The smallest absolute Gasteiger partial charge is 0.407 e. The van der Waals surface area contributed by atoms with E-state index in [1.807, 2.05) is 147 Å². The number of anilines is 1. The molecule has 0 aliphatic carbocycles. The molecule has 17 heteroatoms. The van der Waals surface area contributed by atoms with Crippen LogP contribution >= 0.6 is 11.3 Å². The van der Waals surface area contributed by atoms with Gasteiger partial charge in [0.05, 0.1) is 37.0 Å². The molecule has 0 fully saturated rings. The molecule has 16 nitrogen and oxygen atoms in total. The monoisotopic (exact) mass is 1040 g/mol. The van der Waals surface area contributed by atoms with E-state index >= 15 is 0 Å². The van der Waals surface area contributed by atoms with Gasteiger partial charge in [-0.2, -0.15) is 15.8 Å². The zero-order valence-electron chi connectivity index (χ0n) is 43.5. The van der Waals surface area contributed by atoms with Crippen molar-refractivity contribution in [3.05, 3.63) is 146 Å². The van der Waals surface area contributed by atoms with Gasteiger partial charge in [-0.15, -0.1) is 11.3 Å². The van der Waals surface area contributed by atoms with Crippen molar-refractivity contribution in [3.8, 4) is 24.0 Å². The van der Waals surface area contributed by atoms with Crippen molar-refractivity contribution in [2.75, 3.05) is 57.5 Å². The molecule has 1 aliphatic heterocycles. The zero-order chi connectivity index (χ0) is 54.4. The van der Waals surface area contributed by atoms with Crippen LogP contribution in [0, 0.1) is 44.8 Å². The summed E-state index contributed by atoms with van der Waals surface area (Å²) in [5, 5.41) is 34.9. The van der Waals surface area contributed by atoms with Gasteiger partial charge in [0.15, 0.2) is 16.9 Å². The first-order valence-corrected chi connectivity index (χ1v) is 25.4. The third-order valence-electron chi connectivity index (χ3n) is 12.6. The molecule has 1 aliphatic rings. The second-order valence-electron chi connectivity index (χ2n) is 18.6. The topological polar surface area (TPSA) is 222 Å². The van der Waals surface area contributed by atoms with Crippen molar-refractivity contribution in [1.29, 1.82) is 15.8 Å². The summed E-state index contributed by atoms with van der Waals surface area (Å²) in [5.74, 6) is -0.220. The van der Waals surface area contributed by atoms with Gasteiger partial charge in [0.1, 0.15) is 62.6 Å². The van der Waals surface area contributed by atoms with Crippen LogP contribution in [0.4, 0.5) is 15.3 Å². The highest BCUT2D eigenvalue weighted by Crippen LogP contribution is 2.47. The van der Waals surface area contributed by atoms with Gasteiger partial charge >= 0.3 is 24.1 Å². The number of hydrogen-bond acceptors (Lipinski definition) is 15. The van der Waals surface area contributed by atoms with E-state index in [0.29, 0.717) is 29.9 Å². The van der Waals surface area contributed by atoms with Crippen LogP contribution in [0.25, 0.3) is 18.2 Å². The van der Waals surface area contributed by atoms with Crippen LogP contribution in [0.15, 0.2) is 120 Å². The van der Waals surface area contributed by atoms with E-state index in [4.69, 9.17) is 28.4 Å². The number of benzene rings is 3. The van der Waals surface area contributed by atoms with Gasteiger partial charge in [0.2, 0.25) is 0 Å². The van der Waals surface area contributed by atoms with E-state index in [1.54, 1.807) is 33.8 Å². The van der Waals surface area contributed by atoms with Crippen LogP contribution < -0.4 is 20.3 Å². The largest absolute Gasteiger partial charge is 0.488 e. The maximum atomic E-state index is 12.7. The number of hydrogen-bond donors (Lipinski definition) is 2. The van der Waals surface area contributed by atoms with Gasteiger partial charge in [-0.05, 0) is 101 Å². The maximum absolute atomic E-state index is 12.7. The summed E-state index contributed by atoms with van der Waals surface area (Å²) in [6.45, 7) is 13.4. The second kappa shape index (κ2) is 27.6. The number of thiophene rings is 1. The average Bonchev–Trinajstić information content (AvgIpc) is 4.00. The normalized spacial score (nSPS) is 14.3. The number of carbonyl (C=O) groups excluding carboxylic acids is 4. The summed E-state index contributed by atoms with van der Waals surface area (Å²) in [7, 11) is 0. The SMILES string of the molecule is CCC(C)(C)C(=O)OCCNC(=O)OCCN(CCOC(=O)NCCOC(=O)C(C)(C)CC)c1ccc(/C=C/c2ccc(/C=C/C3=C(C#N)C(=C(C#N)C#N)OC3(C)c3ccccc3)s2)c(OCc2ccccc2)c1. The molecule has 0 spiro atoms. The fourth-order valence-electron chi connectivity index (χ4n) is 7.14. The third-order valence-corrected chi connectivity index (χ3v) is 13.6. The highest BCUT2D eigenvalue weighted by Gasteiger charge is 2.43. The third kappa shape index (κ3) is 16.3. The summed E-state index contributed by atoms with van der Waals surface area (Å²) in [6.07, 6.45) is 7.38. The van der Waals surface area contributed by atoms with Gasteiger partial charge in [0.25, 0.3) is 0 Å². The molecule has 5 rings (SSSR count). The minimum Gasteiger partial charge on any atom is -0.488 e. The molecule has 0 saturated carbocycles. The summed E-state index contributed by atoms with van der Waals surface area (Å²) < 4.78 is 34.4. The molecular formula is C58H64N6O10S. The summed E-state index contributed by atoms with van der Waals surface area (Å²) in [6, 6.07) is 34.5. The Balaban J connectivity index is 1.35. The number of alkyl carbamates (subject to hydrolysis) is 2. The molecule has 0 saturated heterocycles. The first-order valence-electron chi connectivity index (χ1n) is 24.6. The van der Waals surface area contributed by atoms with E-state index in [2.05, 4.69) is 16.7 Å². The number of ether oxygens (including phenoxy) is 6. The Morgan fingerprint density at radius 3 is 1.75 bits per heavy atom. The number of esters is 2. The van der Waals surface area contributed by atoms with Crippen molar-refractivity contribution in [2.45, 2.75) is 73.5 Å². The molecule has 2 heterocycles. The molecule has 0 bridgehead atoms. The second-order valence-corrected chi connectivity index (χ2v) is 19.7. The first kappa shape index (κ1) is 57.6. The lowest BCUT2D eigenvalue weighted by molar-refractivity contribution is -0.154. The fraction of sp³-hybridized carbons (Fsp3) is 0.362. The molecule has 4 aromatic rings. The van der Waals surface area contributed by atoms with Crippen LogP contribution in [-0.4, -0.2) is 76.7 Å². The molecule has 2 N–H and O–H groups in total. The summed E-state index contributed by atoms with van der Waals surface area (Å²) >= 11 is 1.50. The molecule has 2 amide bonds. The van der Waals surface area contributed by atoms with Crippen LogP contribution in [0.1, 0.15) is 87.8 Å². The Hall–Kier alpha value is -8.33. The highest BCUT2D eigenvalue weighted by atomic mass is 32.1. The van der Waals surface area contributed by atoms with Crippen LogP contribution in [0.5, 0.6) is 5.75 Å². The Labute approximate surface area is 443 Å². The van der Waals surface area contributed by atoms with Gasteiger partial charge in [-0.3, -0.25) is 9.59 Å². The predicted octanol–water partition coefficient (Wildman–Crippen LogP) is 10.8. The Bertz CT molecular complexity index is 2820. The Kier molecular flexibility index (Phi) is 21.2. The number of nitrogens with zero attached hydrogens (tertiary/aromatic N) is 4. The van der Waals surface area contributed by atoms with Crippen molar-refractivity contribution in [1.82, 2.24) is 10.6 Å². The van der Waals surface area contributed by atoms with Gasteiger partial charge in [-0.25, -0.2) is 9.59 Å². The lowest BCUT2D eigenvalue weighted by atomic mass is 9.86. The lowest BCUT2D eigenvalue weighted by Crippen LogP contribution is -2.36. The number of nitrogens with one attached hydrogen (secondary N) is 2. The van der Waals surface area contributed by atoms with Crippen molar-refractivity contribution in [2.24, 2.45) is 10.8 Å². The van der Waals surface area contributed by atoms with Crippen molar-refractivity contribution < 1.29 is 47.6 Å². The van der Waals surface area contributed by atoms with Crippen LogP contribution in [-0.2, 0) is 45.5 Å². The number of amides is 2. The van der Waals surface area contributed by atoms with E-state index in [0.717, 1.165) is 26.4 Å². The average molecular weight is 1040 g/mol. The molecule has 392 valence electrons. The minimum atomic E-state index is -1.15. The van der Waals surface area contributed by atoms with E-state index in [1.165, 1.54) is 11.3 Å². The van der Waals surface area contributed by atoms with Crippen LogP contribution in [0.2, 0.25) is 0 Å². The zero-order valence-corrected chi connectivity index (χ0v) is 44.3. The molecule has 75 heavy (non-hydrogen) atoms. The summed E-state index contributed by atoms with van der Waals surface area (Å²) in [4.78, 5) is 53.7.